The van der Waals surface area contributed by atoms with Crippen LogP contribution in [0.1, 0.15) is 5.56 Å². The summed E-state index contributed by atoms with van der Waals surface area (Å²) in [5.41, 5.74) is 2.37. The minimum atomic E-state index is -0.134. The molecule has 1 aromatic heterocycles. The predicted molar refractivity (Wildman–Crippen MR) is 63.7 cm³/mol. The van der Waals surface area contributed by atoms with Crippen molar-refractivity contribution in [1.82, 2.24) is 4.98 Å². The van der Waals surface area contributed by atoms with Crippen molar-refractivity contribution in [2.24, 2.45) is 0 Å². The van der Waals surface area contributed by atoms with Crippen LogP contribution in [0.15, 0.2) is 29.3 Å². The number of methoxy groups -OCH3 is 1. The van der Waals surface area contributed by atoms with Gasteiger partial charge in [-0.3, -0.25) is 4.79 Å². The van der Waals surface area contributed by atoms with Gasteiger partial charge in [-0.15, -0.1) is 11.8 Å². The van der Waals surface area contributed by atoms with Crippen molar-refractivity contribution in [1.29, 1.82) is 0 Å². The van der Waals surface area contributed by atoms with Gasteiger partial charge in [0.05, 0.1) is 7.11 Å². The molecular formula is C12H11NO2S. The fourth-order valence-electron chi connectivity index (χ4n) is 2.10. The number of H-pyrrole nitrogens is 1. The van der Waals surface area contributed by atoms with Crippen LogP contribution in [-0.4, -0.2) is 23.3 Å². The quantitative estimate of drug-likeness (QED) is 0.769. The molecule has 1 aliphatic rings. The SMILES string of the molecule is COC(=O)C1Cc2ccc3[nH]ccc3c2S1. The van der Waals surface area contributed by atoms with E-state index in [-0.39, 0.29) is 11.2 Å². The molecule has 2 heterocycles. The third-order valence-corrected chi connectivity index (χ3v) is 4.26. The predicted octanol–water partition coefficient (Wildman–Crippen LogP) is 2.36. The van der Waals surface area contributed by atoms with Crippen molar-refractivity contribution in [2.75, 3.05) is 7.11 Å². The molecule has 82 valence electrons. The van der Waals surface area contributed by atoms with Gasteiger partial charge in [-0.1, -0.05) is 6.07 Å². The van der Waals surface area contributed by atoms with Gasteiger partial charge in [0.2, 0.25) is 0 Å². The summed E-state index contributed by atoms with van der Waals surface area (Å²) in [5.74, 6) is -0.134. The molecule has 4 heteroatoms. The molecule has 0 bridgehead atoms. The summed E-state index contributed by atoms with van der Waals surface area (Å²) >= 11 is 1.61. The molecule has 0 spiro atoms. The van der Waals surface area contributed by atoms with E-state index in [1.165, 1.54) is 23.0 Å². The van der Waals surface area contributed by atoms with E-state index in [2.05, 4.69) is 23.2 Å². The fraction of sp³-hybridized carbons (Fsp3) is 0.250. The summed E-state index contributed by atoms with van der Waals surface area (Å²) < 4.78 is 4.79. The molecule has 2 aromatic rings. The molecule has 0 amide bonds. The van der Waals surface area contributed by atoms with Gasteiger partial charge in [-0.05, 0) is 24.1 Å². The molecule has 0 fully saturated rings. The maximum Gasteiger partial charge on any atom is 0.319 e. The molecule has 1 unspecified atom stereocenters. The molecule has 0 saturated carbocycles. The Morgan fingerprint density at radius 3 is 3.19 bits per heavy atom. The van der Waals surface area contributed by atoms with E-state index in [4.69, 9.17) is 4.74 Å². The number of aromatic amines is 1. The highest BCUT2D eigenvalue weighted by Crippen LogP contribution is 2.41. The lowest BCUT2D eigenvalue weighted by atomic mass is 10.1. The summed E-state index contributed by atoms with van der Waals surface area (Å²) in [6, 6.07) is 6.21. The minimum Gasteiger partial charge on any atom is -0.468 e. The van der Waals surface area contributed by atoms with E-state index in [9.17, 15) is 4.79 Å². The maximum absolute atomic E-state index is 11.5. The first-order chi connectivity index (χ1) is 7.79. The number of benzene rings is 1. The van der Waals surface area contributed by atoms with Crippen LogP contribution in [0.5, 0.6) is 0 Å². The van der Waals surface area contributed by atoms with Crippen LogP contribution in [0, 0.1) is 0 Å². The average Bonchev–Trinajstić information content (AvgIpc) is 2.92. The summed E-state index contributed by atoms with van der Waals surface area (Å²) in [5, 5.41) is 1.12. The standard InChI is InChI=1S/C12H11NO2S/c1-15-12(14)10-6-7-2-3-9-8(4-5-13-9)11(7)16-10/h2-5,10,13H,6H2,1H3. The number of hydrogen-bond acceptors (Lipinski definition) is 3. The number of carbonyl (C=O) groups is 1. The van der Waals surface area contributed by atoms with Crippen molar-refractivity contribution in [3.63, 3.8) is 0 Å². The fourth-order valence-corrected chi connectivity index (χ4v) is 3.44. The highest BCUT2D eigenvalue weighted by molar-refractivity contribution is 8.01. The lowest BCUT2D eigenvalue weighted by Gasteiger charge is -2.04. The Hall–Kier alpha value is -1.42. The molecule has 0 saturated heterocycles. The molecule has 0 radical (unpaired) electrons. The topological polar surface area (TPSA) is 42.1 Å². The Morgan fingerprint density at radius 2 is 2.38 bits per heavy atom. The molecule has 1 N–H and O–H groups in total. The van der Waals surface area contributed by atoms with Gasteiger partial charge < -0.3 is 9.72 Å². The van der Waals surface area contributed by atoms with Gasteiger partial charge in [0.25, 0.3) is 0 Å². The molecule has 0 aliphatic carbocycles. The van der Waals surface area contributed by atoms with Gasteiger partial charge in [-0.25, -0.2) is 0 Å². The number of nitrogens with one attached hydrogen (secondary N) is 1. The van der Waals surface area contributed by atoms with Crippen LogP contribution in [0.3, 0.4) is 0 Å². The van der Waals surface area contributed by atoms with Gasteiger partial charge in [0.1, 0.15) is 5.25 Å². The van der Waals surface area contributed by atoms with E-state index in [1.54, 1.807) is 11.8 Å². The van der Waals surface area contributed by atoms with Gasteiger partial charge in [0, 0.05) is 22.0 Å². The number of thioether (sulfide) groups is 1. The molecule has 1 aliphatic heterocycles. The van der Waals surface area contributed by atoms with Crippen molar-refractivity contribution in [3.05, 3.63) is 30.0 Å². The van der Waals surface area contributed by atoms with Crippen LogP contribution in [-0.2, 0) is 16.0 Å². The van der Waals surface area contributed by atoms with Crippen LogP contribution in [0.4, 0.5) is 0 Å². The Kier molecular flexibility index (Phi) is 2.17. The van der Waals surface area contributed by atoms with E-state index < -0.39 is 0 Å². The first kappa shape index (κ1) is 9.78. The highest BCUT2D eigenvalue weighted by atomic mass is 32.2. The first-order valence-electron chi connectivity index (χ1n) is 5.13. The number of fused-ring (bicyclic) bond motifs is 3. The van der Waals surface area contributed by atoms with Crippen molar-refractivity contribution in [3.8, 4) is 0 Å². The van der Waals surface area contributed by atoms with Crippen LogP contribution < -0.4 is 0 Å². The Morgan fingerprint density at radius 1 is 1.50 bits per heavy atom. The zero-order valence-electron chi connectivity index (χ0n) is 8.82. The summed E-state index contributed by atoms with van der Waals surface area (Å²) in [6.07, 6.45) is 2.70. The lowest BCUT2D eigenvalue weighted by Crippen LogP contribution is -2.17. The van der Waals surface area contributed by atoms with Crippen molar-refractivity contribution < 1.29 is 9.53 Å². The Bertz CT molecular complexity index is 561. The molecule has 3 nitrogen and oxygen atoms in total. The van der Waals surface area contributed by atoms with E-state index >= 15 is 0 Å². The van der Waals surface area contributed by atoms with Crippen LogP contribution >= 0.6 is 11.8 Å². The number of rotatable bonds is 1. The average molecular weight is 233 g/mol. The number of hydrogen-bond donors (Lipinski definition) is 1. The third-order valence-electron chi connectivity index (χ3n) is 2.90. The molecule has 1 atom stereocenters. The second-order valence-electron chi connectivity index (χ2n) is 3.83. The monoisotopic (exact) mass is 233 g/mol. The van der Waals surface area contributed by atoms with Gasteiger partial charge in [-0.2, -0.15) is 0 Å². The zero-order valence-corrected chi connectivity index (χ0v) is 9.64. The highest BCUT2D eigenvalue weighted by Gasteiger charge is 2.30. The summed E-state index contributed by atoms with van der Waals surface area (Å²) in [6.45, 7) is 0. The van der Waals surface area contributed by atoms with Gasteiger partial charge >= 0.3 is 5.97 Å². The molecule has 3 rings (SSSR count). The minimum absolute atomic E-state index is 0.0829. The molecular weight excluding hydrogens is 222 g/mol. The van der Waals surface area contributed by atoms with Gasteiger partial charge in [0.15, 0.2) is 0 Å². The lowest BCUT2D eigenvalue weighted by molar-refractivity contribution is -0.139. The molecule has 1 aromatic carbocycles. The number of ether oxygens (including phenoxy) is 1. The van der Waals surface area contributed by atoms with Crippen molar-refractivity contribution >= 4 is 28.6 Å². The second kappa shape index (κ2) is 3.56. The number of aromatic nitrogens is 1. The maximum atomic E-state index is 11.5. The largest absolute Gasteiger partial charge is 0.468 e. The van der Waals surface area contributed by atoms with Crippen LogP contribution in [0.2, 0.25) is 0 Å². The Balaban J connectivity index is 2.05. The summed E-state index contributed by atoms with van der Waals surface area (Å²) in [4.78, 5) is 15.9. The second-order valence-corrected chi connectivity index (χ2v) is 5.04. The number of esters is 1. The normalized spacial score (nSPS) is 18.7. The van der Waals surface area contributed by atoms with E-state index in [0.717, 1.165) is 11.9 Å². The van der Waals surface area contributed by atoms with Crippen molar-refractivity contribution in [2.45, 2.75) is 16.6 Å². The number of carbonyl (C=O) groups excluding carboxylic acids is 1. The van der Waals surface area contributed by atoms with E-state index in [0.29, 0.717) is 0 Å². The first-order valence-corrected chi connectivity index (χ1v) is 6.01. The van der Waals surface area contributed by atoms with E-state index in [1.807, 2.05) is 6.20 Å². The zero-order chi connectivity index (χ0) is 11.1. The molecule has 16 heavy (non-hydrogen) atoms. The smallest absolute Gasteiger partial charge is 0.319 e. The Labute approximate surface area is 97.2 Å². The summed E-state index contributed by atoms with van der Waals surface area (Å²) in [7, 11) is 1.44. The third kappa shape index (κ3) is 1.33. The van der Waals surface area contributed by atoms with Crippen LogP contribution in [0.25, 0.3) is 10.9 Å².